The number of hydrogen-bond donors (Lipinski definition) is 1. The van der Waals surface area contributed by atoms with E-state index >= 15 is 0 Å². The predicted octanol–water partition coefficient (Wildman–Crippen LogP) is -0.136. The van der Waals surface area contributed by atoms with Crippen molar-refractivity contribution >= 4 is 16.0 Å². The molecule has 2 unspecified atom stereocenters. The second kappa shape index (κ2) is 7.24. The Hall–Kier alpha value is -2.04. The molecule has 24 heavy (non-hydrogen) atoms. The van der Waals surface area contributed by atoms with E-state index < -0.39 is 39.3 Å². The van der Waals surface area contributed by atoms with Gasteiger partial charge in [0.15, 0.2) is 6.10 Å². The summed E-state index contributed by atoms with van der Waals surface area (Å²) < 4.78 is 34.4. The van der Waals surface area contributed by atoms with Crippen molar-refractivity contribution in [2.24, 2.45) is 0 Å². The summed E-state index contributed by atoms with van der Waals surface area (Å²) in [5, 5.41) is 10.5. The molecule has 1 aliphatic heterocycles. The molecule has 0 saturated carbocycles. The molecule has 0 aliphatic carbocycles. The van der Waals surface area contributed by atoms with Crippen LogP contribution in [0, 0.1) is 10.1 Å². The molecule has 1 aliphatic rings. The number of epoxide rings is 1. The lowest BCUT2D eigenvalue weighted by Gasteiger charge is -2.15. The maximum atomic E-state index is 11.7. The number of carbonyl (C=O) groups excluding carboxylic acids is 1. The Bertz CT molecular complexity index is 717. The minimum Gasteiger partial charge on any atom is -0.468 e. The number of nitro groups is 1. The zero-order valence-corrected chi connectivity index (χ0v) is 14.0. The van der Waals surface area contributed by atoms with E-state index in [1.807, 2.05) is 0 Å². The van der Waals surface area contributed by atoms with Crippen LogP contribution in [0.1, 0.15) is 11.1 Å². The number of esters is 1. The van der Waals surface area contributed by atoms with Crippen LogP contribution in [-0.4, -0.2) is 51.0 Å². The van der Waals surface area contributed by atoms with Crippen LogP contribution in [0.3, 0.4) is 0 Å². The molecule has 9 nitrogen and oxygen atoms in total. The van der Waals surface area contributed by atoms with Gasteiger partial charge in [-0.1, -0.05) is 24.3 Å². The van der Waals surface area contributed by atoms with Gasteiger partial charge in [-0.05, 0) is 17.5 Å². The summed E-state index contributed by atoms with van der Waals surface area (Å²) in [6, 6.07) is 5.99. The molecule has 10 heteroatoms. The minimum atomic E-state index is -3.56. The normalized spacial score (nSPS) is 21.1. The molecule has 1 aromatic rings. The smallest absolute Gasteiger partial charge is 0.342 e. The van der Waals surface area contributed by atoms with E-state index in [0.29, 0.717) is 6.42 Å². The lowest BCUT2D eigenvalue weighted by molar-refractivity contribution is -0.516. The number of nitrogens with one attached hydrogen (secondary N) is 1. The van der Waals surface area contributed by atoms with Crippen molar-refractivity contribution in [2.75, 3.05) is 13.4 Å². The first-order valence-electron chi connectivity index (χ1n) is 7.11. The van der Waals surface area contributed by atoms with Crippen LogP contribution in [0.4, 0.5) is 0 Å². The highest BCUT2D eigenvalue weighted by Gasteiger charge is 2.50. The first-order chi connectivity index (χ1) is 11.2. The highest BCUT2D eigenvalue weighted by molar-refractivity contribution is 7.88. The molecular formula is C14H18N2O7S. The lowest BCUT2D eigenvalue weighted by Crippen LogP contribution is -2.42. The van der Waals surface area contributed by atoms with Gasteiger partial charge >= 0.3 is 12.2 Å². The standard InChI is InChI=1S/C14H18N2O7S/c1-22-14(17)11(15-24(2,20)21)7-9-3-5-10(6-4-9)8-12-13(23-12)16(18)19/h3-6,11-13,15H,7-8H2,1-2H3/t11-,12?,13?/m0/s1. The Morgan fingerprint density at radius 3 is 2.42 bits per heavy atom. The second-order valence-corrected chi connectivity index (χ2v) is 7.32. The maximum absolute atomic E-state index is 11.7. The molecular weight excluding hydrogens is 340 g/mol. The molecule has 0 amide bonds. The third-order valence-electron chi connectivity index (χ3n) is 3.51. The Balaban J connectivity index is 1.98. The molecule has 0 spiro atoms. The van der Waals surface area contributed by atoms with E-state index in [0.717, 1.165) is 17.4 Å². The summed E-state index contributed by atoms with van der Waals surface area (Å²) >= 11 is 0. The Morgan fingerprint density at radius 1 is 1.38 bits per heavy atom. The number of nitrogens with zero attached hydrogens (tertiary/aromatic N) is 1. The first kappa shape index (κ1) is 18.3. The van der Waals surface area contributed by atoms with E-state index in [-0.39, 0.29) is 6.42 Å². The van der Waals surface area contributed by atoms with E-state index in [1.165, 1.54) is 7.11 Å². The van der Waals surface area contributed by atoms with Crippen LogP contribution in [-0.2, 0) is 37.1 Å². The van der Waals surface area contributed by atoms with Gasteiger partial charge < -0.3 is 9.47 Å². The topological polar surface area (TPSA) is 128 Å². The van der Waals surface area contributed by atoms with E-state index in [2.05, 4.69) is 9.46 Å². The highest BCUT2D eigenvalue weighted by atomic mass is 32.2. The molecule has 1 saturated heterocycles. The molecule has 0 bridgehead atoms. The van der Waals surface area contributed by atoms with Gasteiger partial charge in [-0.25, -0.2) is 13.1 Å². The van der Waals surface area contributed by atoms with Gasteiger partial charge in [-0.2, -0.15) is 0 Å². The molecule has 2 rings (SSSR count). The van der Waals surface area contributed by atoms with Gasteiger partial charge in [0, 0.05) is 6.42 Å². The van der Waals surface area contributed by atoms with E-state index in [9.17, 15) is 23.3 Å². The molecule has 1 N–H and O–H groups in total. The second-order valence-electron chi connectivity index (χ2n) is 5.54. The SMILES string of the molecule is COC(=O)[C@H](Cc1ccc(CC2OC2[N+](=O)[O-])cc1)NS(C)(=O)=O. The van der Waals surface area contributed by atoms with E-state index in [1.54, 1.807) is 24.3 Å². The Kier molecular flexibility index (Phi) is 5.52. The van der Waals surface area contributed by atoms with Crippen molar-refractivity contribution in [3.05, 3.63) is 45.5 Å². The number of rotatable bonds is 8. The Morgan fingerprint density at radius 2 is 1.96 bits per heavy atom. The van der Waals surface area contributed by atoms with Gasteiger partial charge in [-0.3, -0.25) is 14.9 Å². The third-order valence-corrected chi connectivity index (χ3v) is 4.22. The van der Waals surface area contributed by atoms with Crippen molar-refractivity contribution in [1.29, 1.82) is 0 Å². The molecule has 0 aromatic heterocycles. The third kappa shape index (κ3) is 5.25. The van der Waals surface area contributed by atoms with Crippen LogP contribution in [0.2, 0.25) is 0 Å². The number of hydrogen-bond acceptors (Lipinski definition) is 7. The number of methoxy groups -OCH3 is 1. The number of benzene rings is 1. The largest absolute Gasteiger partial charge is 0.468 e. The van der Waals surface area contributed by atoms with Crippen LogP contribution < -0.4 is 4.72 Å². The van der Waals surface area contributed by atoms with Crippen LogP contribution >= 0.6 is 0 Å². The number of sulfonamides is 1. The maximum Gasteiger partial charge on any atom is 0.342 e. The summed E-state index contributed by atoms with van der Waals surface area (Å²) in [7, 11) is -2.38. The molecule has 1 aromatic carbocycles. The molecule has 1 fully saturated rings. The summed E-state index contributed by atoms with van der Waals surface area (Å²) in [6.07, 6.45) is 0.173. The predicted molar refractivity (Wildman–Crippen MR) is 83.3 cm³/mol. The van der Waals surface area contributed by atoms with Crippen molar-refractivity contribution in [3.63, 3.8) is 0 Å². The lowest BCUT2D eigenvalue weighted by atomic mass is 10.0. The molecule has 132 valence electrons. The Labute approximate surface area is 139 Å². The zero-order valence-electron chi connectivity index (χ0n) is 13.2. The minimum absolute atomic E-state index is 0.136. The average Bonchev–Trinajstić information content (AvgIpc) is 3.26. The average molecular weight is 358 g/mol. The molecule has 3 atom stereocenters. The van der Waals surface area contributed by atoms with Gasteiger partial charge in [0.1, 0.15) is 6.04 Å². The van der Waals surface area contributed by atoms with Crippen molar-refractivity contribution < 1.29 is 27.6 Å². The van der Waals surface area contributed by atoms with E-state index in [4.69, 9.17) is 4.74 Å². The van der Waals surface area contributed by atoms with Gasteiger partial charge in [0.05, 0.1) is 18.3 Å². The van der Waals surface area contributed by atoms with Crippen LogP contribution in [0.15, 0.2) is 24.3 Å². The van der Waals surface area contributed by atoms with Crippen LogP contribution in [0.25, 0.3) is 0 Å². The molecule has 1 heterocycles. The quantitative estimate of drug-likeness (QED) is 0.296. The summed E-state index contributed by atoms with van der Waals surface area (Å²) in [5.41, 5.74) is 1.59. The monoisotopic (exact) mass is 358 g/mol. The van der Waals surface area contributed by atoms with Crippen LogP contribution in [0.5, 0.6) is 0 Å². The number of carbonyl (C=O) groups is 1. The summed E-state index contributed by atoms with van der Waals surface area (Å²) in [6.45, 7) is 0. The van der Waals surface area contributed by atoms with Gasteiger partial charge in [-0.15, -0.1) is 0 Å². The molecule has 0 radical (unpaired) electrons. The first-order valence-corrected chi connectivity index (χ1v) is 9.00. The summed E-state index contributed by atoms with van der Waals surface area (Å²) in [5.74, 6) is -0.676. The fraction of sp³-hybridized carbons (Fsp3) is 0.500. The van der Waals surface area contributed by atoms with Crippen molar-refractivity contribution in [2.45, 2.75) is 31.2 Å². The van der Waals surface area contributed by atoms with Gasteiger partial charge in [0.2, 0.25) is 10.0 Å². The fourth-order valence-electron chi connectivity index (χ4n) is 2.32. The van der Waals surface area contributed by atoms with Crippen molar-refractivity contribution in [3.8, 4) is 0 Å². The highest BCUT2D eigenvalue weighted by Crippen LogP contribution is 2.26. The number of ether oxygens (including phenoxy) is 2. The fourth-order valence-corrected chi connectivity index (χ4v) is 3.02. The van der Waals surface area contributed by atoms with Crippen molar-refractivity contribution in [1.82, 2.24) is 4.72 Å². The summed E-state index contributed by atoms with van der Waals surface area (Å²) in [4.78, 5) is 21.7. The van der Waals surface area contributed by atoms with Gasteiger partial charge in [0.25, 0.3) is 0 Å². The zero-order chi connectivity index (χ0) is 17.9.